The quantitative estimate of drug-likeness (QED) is 0.779. The summed E-state index contributed by atoms with van der Waals surface area (Å²) < 4.78 is 1.85. The summed E-state index contributed by atoms with van der Waals surface area (Å²) in [7, 11) is 0. The van der Waals surface area contributed by atoms with Gasteiger partial charge in [0.1, 0.15) is 0 Å². The molecule has 5 nitrogen and oxygen atoms in total. The molecule has 106 valence electrons. The van der Waals surface area contributed by atoms with Crippen LogP contribution in [0.2, 0.25) is 0 Å². The Morgan fingerprint density at radius 2 is 1.90 bits per heavy atom. The van der Waals surface area contributed by atoms with Gasteiger partial charge in [-0.05, 0) is 30.8 Å². The van der Waals surface area contributed by atoms with Crippen LogP contribution in [-0.2, 0) is 0 Å². The van der Waals surface area contributed by atoms with Crippen LogP contribution in [0.25, 0.3) is 5.69 Å². The average molecular weight is 279 g/mol. The summed E-state index contributed by atoms with van der Waals surface area (Å²) in [5, 5.41) is 11.7. The van der Waals surface area contributed by atoms with Crippen LogP contribution in [0.3, 0.4) is 0 Å². The number of hydrogen-bond acceptors (Lipinski definition) is 4. The first-order valence-corrected chi connectivity index (χ1v) is 7.00. The lowest BCUT2D eigenvalue weighted by molar-refractivity contribution is 0.579. The molecule has 0 spiro atoms. The van der Waals surface area contributed by atoms with Crippen molar-refractivity contribution >= 4 is 0 Å². The molecule has 0 fully saturated rings. The maximum absolute atomic E-state index is 4.46. The summed E-state index contributed by atoms with van der Waals surface area (Å²) in [6, 6.07) is 15.9. The molecule has 0 bridgehead atoms. The van der Waals surface area contributed by atoms with Crippen molar-refractivity contribution in [1.29, 1.82) is 0 Å². The van der Waals surface area contributed by atoms with Gasteiger partial charge in [0.15, 0.2) is 0 Å². The molecule has 0 amide bonds. The number of benzene rings is 1. The summed E-state index contributed by atoms with van der Waals surface area (Å²) >= 11 is 0. The highest BCUT2D eigenvalue weighted by Crippen LogP contribution is 2.21. The molecule has 1 N–H and O–H groups in total. The van der Waals surface area contributed by atoms with Gasteiger partial charge in [0.2, 0.25) is 0 Å². The summed E-state index contributed by atoms with van der Waals surface area (Å²) in [5.41, 5.74) is 2.92. The van der Waals surface area contributed by atoms with Crippen LogP contribution in [0.4, 0.5) is 0 Å². The normalized spacial score (nSPS) is 12.2. The second-order valence-corrected chi connectivity index (χ2v) is 4.65. The zero-order valence-electron chi connectivity index (χ0n) is 11.8. The van der Waals surface area contributed by atoms with Gasteiger partial charge >= 0.3 is 0 Å². The summed E-state index contributed by atoms with van der Waals surface area (Å²) in [4.78, 5) is 4.46. The van der Waals surface area contributed by atoms with Crippen LogP contribution in [0, 0.1) is 0 Å². The third-order valence-corrected chi connectivity index (χ3v) is 3.26. The number of rotatable bonds is 5. The molecule has 0 saturated carbocycles. The van der Waals surface area contributed by atoms with E-state index in [1.54, 1.807) is 12.4 Å². The Hall–Kier alpha value is -2.53. The van der Waals surface area contributed by atoms with E-state index in [4.69, 9.17) is 0 Å². The highest BCUT2D eigenvalue weighted by atomic mass is 15.4. The SMILES string of the molecule is CCNC(c1ccccn1)c1cnnn1-c1ccccc1. The second-order valence-electron chi connectivity index (χ2n) is 4.65. The first-order valence-electron chi connectivity index (χ1n) is 7.00. The van der Waals surface area contributed by atoms with Crippen molar-refractivity contribution in [2.45, 2.75) is 13.0 Å². The first kappa shape index (κ1) is 13.5. The minimum atomic E-state index is -0.0357. The van der Waals surface area contributed by atoms with Gasteiger partial charge in [0.25, 0.3) is 0 Å². The fourth-order valence-electron chi connectivity index (χ4n) is 2.32. The third kappa shape index (κ3) is 2.83. The number of para-hydroxylation sites is 1. The van der Waals surface area contributed by atoms with Gasteiger partial charge in [-0.25, -0.2) is 4.68 Å². The molecule has 0 aliphatic rings. The lowest BCUT2D eigenvalue weighted by Crippen LogP contribution is -2.25. The van der Waals surface area contributed by atoms with E-state index in [-0.39, 0.29) is 6.04 Å². The standard InChI is InChI=1S/C16H17N5/c1-2-17-16(14-10-6-7-11-18-14)15-12-19-20-21(15)13-8-4-3-5-9-13/h3-12,16-17H,2H2,1H3. The number of nitrogens with one attached hydrogen (secondary N) is 1. The van der Waals surface area contributed by atoms with Crippen LogP contribution in [0.15, 0.2) is 60.9 Å². The molecule has 0 radical (unpaired) electrons. The molecule has 1 unspecified atom stereocenters. The van der Waals surface area contributed by atoms with Crippen LogP contribution in [-0.4, -0.2) is 26.5 Å². The zero-order valence-corrected chi connectivity index (χ0v) is 11.8. The van der Waals surface area contributed by atoms with Crippen LogP contribution < -0.4 is 5.32 Å². The van der Waals surface area contributed by atoms with Gasteiger partial charge in [-0.15, -0.1) is 5.10 Å². The molecule has 3 rings (SSSR count). The Labute approximate surface area is 123 Å². The van der Waals surface area contributed by atoms with Crippen molar-refractivity contribution in [3.8, 4) is 5.69 Å². The van der Waals surface area contributed by atoms with Crippen molar-refractivity contribution < 1.29 is 0 Å². The topological polar surface area (TPSA) is 55.6 Å². The fraction of sp³-hybridized carbons (Fsp3) is 0.188. The monoisotopic (exact) mass is 279 g/mol. The maximum Gasteiger partial charge on any atom is 0.0942 e. The highest BCUT2D eigenvalue weighted by Gasteiger charge is 2.20. The number of pyridine rings is 1. The highest BCUT2D eigenvalue weighted by molar-refractivity contribution is 5.34. The van der Waals surface area contributed by atoms with Crippen molar-refractivity contribution in [1.82, 2.24) is 25.3 Å². The van der Waals surface area contributed by atoms with Crippen molar-refractivity contribution in [2.75, 3.05) is 6.54 Å². The number of nitrogens with zero attached hydrogens (tertiary/aromatic N) is 4. The first-order chi connectivity index (χ1) is 10.4. The second kappa shape index (κ2) is 6.28. The lowest BCUT2D eigenvalue weighted by Gasteiger charge is -2.18. The van der Waals surface area contributed by atoms with E-state index in [2.05, 4.69) is 27.5 Å². The third-order valence-electron chi connectivity index (χ3n) is 3.26. The predicted molar refractivity (Wildman–Crippen MR) is 81.1 cm³/mol. The van der Waals surface area contributed by atoms with Gasteiger partial charge in [0, 0.05) is 6.20 Å². The zero-order chi connectivity index (χ0) is 14.5. The molecule has 21 heavy (non-hydrogen) atoms. The van der Waals surface area contributed by atoms with Gasteiger partial charge in [-0.3, -0.25) is 4.98 Å². The molecule has 2 heterocycles. The van der Waals surface area contributed by atoms with E-state index in [0.717, 1.165) is 23.6 Å². The van der Waals surface area contributed by atoms with Gasteiger partial charge < -0.3 is 5.32 Å². The molecule has 2 aromatic heterocycles. The predicted octanol–water partition coefficient (Wildman–Crippen LogP) is 2.36. The molecule has 5 heteroatoms. The number of hydrogen-bond donors (Lipinski definition) is 1. The Morgan fingerprint density at radius 3 is 2.62 bits per heavy atom. The fourth-order valence-corrected chi connectivity index (χ4v) is 2.32. The minimum absolute atomic E-state index is 0.0357. The average Bonchev–Trinajstić information content (AvgIpc) is 3.03. The Bertz CT molecular complexity index is 678. The van der Waals surface area contributed by atoms with Gasteiger partial charge in [-0.1, -0.05) is 36.4 Å². The van der Waals surface area contributed by atoms with Crippen LogP contribution >= 0.6 is 0 Å². The maximum atomic E-state index is 4.46. The van der Waals surface area contributed by atoms with E-state index in [1.165, 1.54) is 0 Å². The molecular weight excluding hydrogens is 262 g/mol. The van der Waals surface area contributed by atoms with Crippen LogP contribution in [0.5, 0.6) is 0 Å². The molecule has 0 aliphatic heterocycles. The van der Waals surface area contributed by atoms with Crippen molar-refractivity contribution in [3.05, 3.63) is 72.3 Å². The van der Waals surface area contributed by atoms with E-state index >= 15 is 0 Å². The Morgan fingerprint density at radius 1 is 1.10 bits per heavy atom. The molecule has 0 aliphatic carbocycles. The Kier molecular flexibility index (Phi) is 4.02. The smallest absolute Gasteiger partial charge is 0.0942 e. The molecule has 1 aromatic carbocycles. The van der Waals surface area contributed by atoms with E-state index in [9.17, 15) is 0 Å². The summed E-state index contributed by atoms with van der Waals surface area (Å²) in [5.74, 6) is 0. The van der Waals surface area contributed by atoms with Gasteiger partial charge in [-0.2, -0.15) is 0 Å². The Balaban J connectivity index is 2.04. The van der Waals surface area contributed by atoms with Crippen LogP contribution in [0.1, 0.15) is 24.4 Å². The van der Waals surface area contributed by atoms with E-state index < -0.39 is 0 Å². The van der Waals surface area contributed by atoms with Gasteiger partial charge in [0.05, 0.1) is 29.3 Å². The van der Waals surface area contributed by atoms with Crippen molar-refractivity contribution in [3.63, 3.8) is 0 Å². The molecule has 1 atom stereocenters. The largest absolute Gasteiger partial charge is 0.304 e. The summed E-state index contributed by atoms with van der Waals surface area (Å²) in [6.45, 7) is 2.91. The minimum Gasteiger partial charge on any atom is -0.304 e. The van der Waals surface area contributed by atoms with E-state index in [0.29, 0.717) is 0 Å². The summed E-state index contributed by atoms with van der Waals surface area (Å²) in [6.07, 6.45) is 3.59. The molecule has 3 aromatic rings. The molecule has 0 saturated heterocycles. The number of aromatic nitrogens is 4. The van der Waals surface area contributed by atoms with E-state index in [1.807, 2.05) is 53.2 Å². The van der Waals surface area contributed by atoms with Crippen molar-refractivity contribution in [2.24, 2.45) is 0 Å². The molecular formula is C16H17N5. The lowest BCUT2D eigenvalue weighted by atomic mass is 10.1.